The van der Waals surface area contributed by atoms with Crippen LogP contribution in [-0.2, 0) is 6.54 Å². The molecular weight excluding hydrogens is 537 g/mol. The molecule has 38 heavy (non-hydrogen) atoms. The Bertz CT molecular complexity index is 1420. The van der Waals surface area contributed by atoms with Gasteiger partial charge in [0.05, 0.1) is 0 Å². The molecule has 1 saturated heterocycles. The van der Waals surface area contributed by atoms with E-state index in [0.717, 1.165) is 48.2 Å². The third-order valence-electron chi connectivity index (χ3n) is 6.58. The molecule has 0 spiro atoms. The number of piperidine rings is 1. The quantitative estimate of drug-likeness (QED) is 0.299. The van der Waals surface area contributed by atoms with Gasteiger partial charge in [0.15, 0.2) is 0 Å². The van der Waals surface area contributed by atoms with Crippen molar-refractivity contribution in [1.29, 1.82) is 0 Å². The van der Waals surface area contributed by atoms with E-state index in [0.29, 0.717) is 28.0 Å². The number of hydrogen-bond donors (Lipinski definition) is 3. The molecule has 5 rings (SSSR count). The molecule has 1 aromatic heterocycles. The number of rotatable bonds is 7. The van der Waals surface area contributed by atoms with Crippen molar-refractivity contribution in [3.05, 3.63) is 102 Å². The molecular formula is C30H30AsN5O2. The van der Waals surface area contributed by atoms with Gasteiger partial charge in [-0.15, -0.1) is 0 Å². The van der Waals surface area contributed by atoms with Crippen LogP contribution in [0.5, 0.6) is 0 Å². The first kappa shape index (κ1) is 25.8. The molecule has 2 amide bonds. The van der Waals surface area contributed by atoms with Gasteiger partial charge in [-0.1, -0.05) is 42.5 Å². The van der Waals surface area contributed by atoms with Crippen LogP contribution in [0.4, 0.5) is 0 Å². The van der Waals surface area contributed by atoms with Crippen LogP contribution in [0.2, 0.25) is 0 Å². The maximum atomic E-state index is 12.9. The molecule has 1 aliphatic heterocycles. The zero-order chi connectivity index (χ0) is 26.3. The molecule has 3 N–H and O–H groups in total. The molecule has 0 bridgehead atoms. The van der Waals surface area contributed by atoms with Crippen molar-refractivity contribution in [1.82, 2.24) is 25.9 Å². The van der Waals surface area contributed by atoms with Gasteiger partial charge in [-0.2, -0.15) is 0 Å². The Morgan fingerprint density at radius 1 is 0.921 bits per heavy atom. The normalized spacial score (nSPS) is 15.0. The van der Waals surface area contributed by atoms with E-state index in [2.05, 4.69) is 50.2 Å². The van der Waals surface area contributed by atoms with Crippen LogP contribution in [0.25, 0.3) is 22.4 Å². The predicted molar refractivity (Wildman–Crippen MR) is 152 cm³/mol. The number of aromatic nitrogens is 2. The zero-order valence-corrected chi connectivity index (χ0v) is 23.4. The Morgan fingerprint density at radius 3 is 2.45 bits per heavy atom. The number of amides is 2. The Hall–Kier alpha value is -3.80. The maximum absolute atomic E-state index is 12.9. The van der Waals surface area contributed by atoms with Crippen LogP contribution in [0.3, 0.4) is 0 Å². The van der Waals surface area contributed by atoms with Gasteiger partial charge in [0.1, 0.15) is 0 Å². The monoisotopic (exact) mass is 567 g/mol. The van der Waals surface area contributed by atoms with Crippen molar-refractivity contribution in [2.75, 3.05) is 13.1 Å². The van der Waals surface area contributed by atoms with E-state index in [1.807, 2.05) is 42.5 Å². The van der Waals surface area contributed by atoms with Gasteiger partial charge in [-0.25, -0.2) is 0 Å². The van der Waals surface area contributed by atoms with Crippen molar-refractivity contribution in [3.63, 3.8) is 0 Å². The summed E-state index contributed by atoms with van der Waals surface area (Å²) in [7, 11) is 0. The van der Waals surface area contributed by atoms with Gasteiger partial charge < -0.3 is 0 Å². The van der Waals surface area contributed by atoms with E-state index in [1.54, 1.807) is 18.3 Å². The first-order chi connectivity index (χ1) is 18.6. The minimum absolute atomic E-state index is 0.0928. The Kier molecular flexibility index (Phi) is 8.27. The van der Waals surface area contributed by atoms with Crippen molar-refractivity contribution < 1.29 is 9.59 Å². The molecule has 4 aromatic rings. The van der Waals surface area contributed by atoms with Gasteiger partial charge in [0.2, 0.25) is 0 Å². The molecule has 1 fully saturated rings. The van der Waals surface area contributed by atoms with E-state index >= 15 is 0 Å². The summed E-state index contributed by atoms with van der Waals surface area (Å²) in [6, 6.07) is 25.7. The second kappa shape index (κ2) is 12.2. The summed E-state index contributed by atoms with van der Waals surface area (Å²) >= 11 is 1.25. The second-order valence-corrected chi connectivity index (χ2v) is 10.5. The predicted octanol–water partition coefficient (Wildman–Crippen LogP) is 2.48. The molecule has 1 aliphatic rings. The third-order valence-corrected chi connectivity index (χ3v) is 7.47. The number of hydrogen-bond acceptors (Lipinski definition) is 5. The van der Waals surface area contributed by atoms with Crippen molar-refractivity contribution in [3.8, 4) is 22.4 Å². The average Bonchev–Trinajstić information content (AvgIpc) is 2.97. The number of carbonyl (C=O) groups is 2. The summed E-state index contributed by atoms with van der Waals surface area (Å²) < 4.78 is 0.634. The van der Waals surface area contributed by atoms with Gasteiger partial charge in [-0.3, -0.25) is 0 Å². The third kappa shape index (κ3) is 6.36. The van der Waals surface area contributed by atoms with Gasteiger partial charge in [-0.05, 0) is 11.1 Å². The van der Waals surface area contributed by atoms with Gasteiger partial charge >= 0.3 is 178 Å². The first-order valence-electron chi connectivity index (χ1n) is 12.7. The SMILES string of the molecule is O=C(NCc1ccc(-c2ccccc2)cc1)c1cccc(-c2cnc([AsH2])c(C(=O)NC3CCCNC3)n2)c1. The van der Waals surface area contributed by atoms with E-state index in [1.165, 1.54) is 16.9 Å². The Balaban J connectivity index is 1.25. The van der Waals surface area contributed by atoms with Crippen LogP contribution in [0.15, 0.2) is 85.1 Å². The first-order valence-corrected chi connectivity index (χ1v) is 13.9. The second-order valence-electron chi connectivity index (χ2n) is 9.33. The van der Waals surface area contributed by atoms with E-state index in [4.69, 9.17) is 0 Å². The fourth-order valence-corrected chi connectivity index (χ4v) is 5.05. The van der Waals surface area contributed by atoms with Gasteiger partial charge in [0.25, 0.3) is 0 Å². The molecule has 3 aromatic carbocycles. The molecule has 2 atom stereocenters. The van der Waals surface area contributed by atoms with E-state index in [9.17, 15) is 9.59 Å². The summed E-state index contributed by atoms with van der Waals surface area (Å²) in [5.74, 6) is -0.384. The van der Waals surface area contributed by atoms with Crippen LogP contribution in [-0.4, -0.2) is 57.8 Å². The summed E-state index contributed by atoms with van der Waals surface area (Å²) in [4.78, 5) is 34.9. The van der Waals surface area contributed by atoms with Gasteiger partial charge in [0, 0.05) is 0 Å². The molecule has 2 heterocycles. The molecule has 192 valence electrons. The Labute approximate surface area is 231 Å². The standard InChI is InChI=1S/C30H30AsN5O2/c31-28-27(30(38)35-25-10-5-15-32-18-25)36-26(19-33-28)23-8-4-9-24(16-23)29(37)34-17-20-11-13-22(14-12-20)21-6-2-1-3-7-21/h1-4,6-9,11-14,16,19,25,32H,5,10,15,17-18,31H2,(H,34,37)(H,35,38). The number of nitrogens with zero attached hydrogens (tertiary/aromatic N) is 2. The summed E-state index contributed by atoms with van der Waals surface area (Å²) in [5.41, 5.74) is 5.46. The van der Waals surface area contributed by atoms with Crippen LogP contribution in [0.1, 0.15) is 39.3 Å². The summed E-state index contributed by atoms with van der Waals surface area (Å²) in [5, 5.41) is 9.37. The minimum atomic E-state index is -0.209. The molecule has 0 aliphatic carbocycles. The molecule has 7 nitrogen and oxygen atoms in total. The van der Waals surface area contributed by atoms with Crippen LogP contribution in [0, 0.1) is 0 Å². The summed E-state index contributed by atoms with van der Waals surface area (Å²) in [6.45, 7) is 2.16. The van der Waals surface area contributed by atoms with E-state index < -0.39 is 0 Å². The zero-order valence-electron chi connectivity index (χ0n) is 21.0. The topological polar surface area (TPSA) is 96.0 Å². The van der Waals surface area contributed by atoms with Crippen molar-refractivity contribution in [2.45, 2.75) is 25.4 Å². The average molecular weight is 568 g/mol. The van der Waals surface area contributed by atoms with Crippen molar-refractivity contribution in [2.24, 2.45) is 0 Å². The van der Waals surface area contributed by atoms with E-state index in [-0.39, 0.29) is 17.9 Å². The Morgan fingerprint density at radius 2 is 1.68 bits per heavy atom. The molecule has 2 unspecified atom stereocenters. The number of benzene rings is 3. The number of carbonyl (C=O) groups excluding carboxylic acids is 2. The summed E-state index contributed by atoms with van der Waals surface area (Å²) in [6.07, 6.45) is 3.64. The molecule has 0 radical (unpaired) electrons. The number of nitrogens with one attached hydrogen (secondary N) is 3. The fourth-order valence-electron chi connectivity index (χ4n) is 4.48. The molecule has 0 saturated carbocycles. The van der Waals surface area contributed by atoms with Crippen LogP contribution < -0.4 is 20.4 Å². The van der Waals surface area contributed by atoms with Crippen molar-refractivity contribution >= 4 is 33.1 Å². The molecule has 8 heteroatoms. The fraction of sp³-hybridized carbons (Fsp3) is 0.200. The van der Waals surface area contributed by atoms with Crippen LogP contribution >= 0.6 is 0 Å².